The lowest BCUT2D eigenvalue weighted by molar-refractivity contribution is -0.142. The van der Waals surface area contributed by atoms with Gasteiger partial charge in [-0.25, -0.2) is 4.98 Å². The summed E-state index contributed by atoms with van der Waals surface area (Å²) >= 11 is 2.80. The Morgan fingerprint density at radius 2 is 2.09 bits per heavy atom. The zero-order valence-electron chi connectivity index (χ0n) is 12.9. The molecule has 0 saturated heterocycles. The van der Waals surface area contributed by atoms with Crippen molar-refractivity contribution in [3.05, 3.63) is 41.4 Å². The van der Waals surface area contributed by atoms with E-state index in [1.807, 2.05) is 42.6 Å². The maximum atomic E-state index is 12.2. The number of para-hydroxylation sites is 1. The highest BCUT2D eigenvalue weighted by Crippen LogP contribution is 2.27. The zero-order valence-corrected chi connectivity index (χ0v) is 14.6. The lowest BCUT2D eigenvalue weighted by atomic mass is 10.3. The SMILES string of the molecule is CCOC(=O)Cc1csc(S[C@H](C)C(=O)Nc2ccccc2)n1. The van der Waals surface area contributed by atoms with Crippen LogP contribution < -0.4 is 5.32 Å². The number of thiazole rings is 1. The number of aromatic nitrogens is 1. The van der Waals surface area contributed by atoms with Gasteiger partial charge in [-0.1, -0.05) is 30.0 Å². The number of ether oxygens (including phenoxy) is 1. The van der Waals surface area contributed by atoms with Crippen molar-refractivity contribution in [2.24, 2.45) is 0 Å². The van der Waals surface area contributed by atoms with E-state index in [4.69, 9.17) is 4.74 Å². The normalized spacial score (nSPS) is 11.7. The van der Waals surface area contributed by atoms with Crippen LogP contribution in [0.1, 0.15) is 19.5 Å². The maximum absolute atomic E-state index is 12.2. The quantitative estimate of drug-likeness (QED) is 0.612. The molecule has 0 bridgehead atoms. The molecule has 5 nitrogen and oxygen atoms in total. The predicted molar refractivity (Wildman–Crippen MR) is 92.8 cm³/mol. The van der Waals surface area contributed by atoms with Crippen molar-refractivity contribution in [3.63, 3.8) is 0 Å². The van der Waals surface area contributed by atoms with E-state index >= 15 is 0 Å². The number of esters is 1. The number of anilines is 1. The lowest BCUT2D eigenvalue weighted by Crippen LogP contribution is -2.22. The number of thioether (sulfide) groups is 1. The van der Waals surface area contributed by atoms with Gasteiger partial charge in [0.1, 0.15) is 0 Å². The highest BCUT2D eigenvalue weighted by Gasteiger charge is 2.17. The Morgan fingerprint density at radius 3 is 2.78 bits per heavy atom. The Balaban J connectivity index is 1.87. The first-order chi connectivity index (χ1) is 11.1. The van der Waals surface area contributed by atoms with Gasteiger partial charge in [-0.2, -0.15) is 0 Å². The largest absolute Gasteiger partial charge is 0.466 e. The number of nitrogens with one attached hydrogen (secondary N) is 1. The highest BCUT2D eigenvalue weighted by atomic mass is 32.2. The molecular weight excluding hydrogens is 332 g/mol. The van der Waals surface area contributed by atoms with Gasteiger partial charge in [0.2, 0.25) is 5.91 Å². The molecule has 0 fully saturated rings. The van der Waals surface area contributed by atoms with E-state index in [1.165, 1.54) is 23.1 Å². The van der Waals surface area contributed by atoms with E-state index in [1.54, 1.807) is 6.92 Å². The van der Waals surface area contributed by atoms with Crippen molar-refractivity contribution >= 4 is 40.7 Å². The van der Waals surface area contributed by atoms with Crippen LogP contribution in [-0.2, 0) is 20.7 Å². The van der Waals surface area contributed by atoms with Crippen LogP contribution in [0.2, 0.25) is 0 Å². The molecule has 2 aromatic rings. The molecule has 122 valence electrons. The second-order valence-electron chi connectivity index (χ2n) is 4.70. The van der Waals surface area contributed by atoms with E-state index in [0.29, 0.717) is 12.3 Å². The van der Waals surface area contributed by atoms with E-state index < -0.39 is 0 Å². The smallest absolute Gasteiger partial charge is 0.311 e. The molecule has 1 aromatic carbocycles. The first kappa shape index (κ1) is 17.5. The third-order valence-electron chi connectivity index (χ3n) is 2.85. The molecule has 0 radical (unpaired) electrons. The van der Waals surface area contributed by atoms with Gasteiger partial charge in [-0.3, -0.25) is 9.59 Å². The number of rotatable bonds is 7. The molecule has 0 aliphatic rings. The molecule has 23 heavy (non-hydrogen) atoms. The van der Waals surface area contributed by atoms with Crippen LogP contribution in [0.25, 0.3) is 0 Å². The van der Waals surface area contributed by atoms with E-state index in [-0.39, 0.29) is 23.5 Å². The summed E-state index contributed by atoms with van der Waals surface area (Å²) in [6.45, 7) is 3.96. The van der Waals surface area contributed by atoms with E-state index in [9.17, 15) is 9.59 Å². The van der Waals surface area contributed by atoms with Gasteiger partial charge in [0, 0.05) is 11.1 Å². The minimum Gasteiger partial charge on any atom is -0.466 e. The second-order valence-corrected chi connectivity index (χ2v) is 7.15. The van der Waals surface area contributed by atoms with Crippen molar-refractivity contribution in [1.82, 2.24) is 4.98 Å². The van der Waals surface area contributed by atoms with Gasteiger partial charge >= 0.3 is 5.97 Å². The van der Waals surface area contributed by atoms with Crippen LogP contribution >= 0.6 is 23.1 Å². The molecule has 1 N–H and O–H groups in total. The van der Waals surface area contributed by atoms with Crippen LogP contribution in [-0.4, -0.2) is 28.7 Å². The Morgan fingerprint density at radius 1 is 1.35 bits per heavy atom. The number of benzene rings is 1. The number of amides is 1. The van der Waals surface area contributed by atoms with Gasteiger partial charge in [0.15, 0.2) is 4.34 Å². The molecule has 1 amide bonds. The van der Waals surface area contributed by atoms with Crippen molar-refractivity contribution < 1.29 is 14.3 Å². The van der Waals surface area contributed by atoms with Crippen LogP contribution in [0.4, 0.5) is 5.69 Å². The highest BCUT2D eigenvalue weighted by molar-refractivity contribution is 8.02. The van der Waals surface area contributed by atoms with E-state index in [0.717, 1.165) is 10.0 Å². The Kier molecular flexibility index (Phi) is 6.61. The summed E-state index contributed by atoms with van der Waals surface area (Å²) in [5, 5.41) is 4.40. The summed E-state index contributed by atoms with van der Waals surface area (Å²) in [6, 6.07) is 9.33. The molecule has 0 spiro atoms. The summed E-state index contributed by atoms with van der Waals surface area (Å²) < 4.78 is 5.66. The van der Waals surface area contributed by atoms with Gasteiger partial charge in [0.05, 0.1) is 24.0 Å². The van der Waals surface area contributed by atoms with Crippen molar-refractivity contribution in [3.8, 4) is 0 Å². The molecule has 2 rings (SSSR count). The summed E-state index contributed by atoms with van der Waals surface area (Å²) in [5.74, 6) is -0.368. The number of hydrogen-bond acceptors (Lipinski definition) is 6. The molecular formula is C16H18N2O3S2. The minimum absolute atomic E-state index is 0.0802. The summed E-state index contributed by atoms with van der Waals surface area (Å²) in [4.78, 5) is 27.9. The van der Waals surface area contributed by atoms with Crippen LogP contribution in [0.3, 0.4) is 0 Å². The Labute approximate surface area is 143 Å². The van der Waals surface area contributed by atoms with Crippen LogP contribution in [0, 0.1) is 0 Å². The fourth-order valence-electron chi connectivity index (χ4n) is 1.75. The molecule has 0 unspecified atom stereocenters. The van der Waals surface area contributed by atoms with Crippen molar-refractivity contribution in [1.29, 1.82) is 0 Å². The fraction of sp³-hybridized carbons (Fsp3) is 0.312. The first-order valence-electron chi connectivity index (χ1n) is 7.21. The standard InChI is InChI=1S/C16H18N2O3S2/c1-3-21-14(19)9-13-10-22-16(18-13)23-11(2)15(20)17-12-7-5-4-6-8-12/h4-8,10-11H,3,9H2,1-2H3,(H,17,20)/t11-/m1/s1. The number of carbonyl (C=O) groups is 2. The van der Waals surface area contributed by atoms with Gasteiger partial charge in [-0.15, -0.1) is 11.3 Å². The monoisotopic (exact) mass is 350 g/mol. The molecule has 1 atom stereocenters. The predicted octanol–water partition coefficient (Wildman–Crippen LogP) is 3.37. The molecule has 0 aliphatic carbocycles. The topological polar surface area (TPSA) is 68.3 Å². The third-order valence-corrected chi connectivity index (χ3v) is 4.97. The second kappa shape index (κ2) is 8.69. The van der Waals surface area contributed by atoms with Crippen LogP contribution in [0.5, 0.6) is 0 Å². The third kappa shape index (κ3) is 5.69. The van der Waals surface area contributed by atoms with Crippen molar-refractivity contribution in [2.45, 2.75) is 29.9 Å². The molecule has 0 saturated carbocycles. The fourth-order valence-corrected chi connectivity index (χ4v) is 3.73. The number of carbonyl (C=O) groups excluding carboxylic acids is 2. The minimum atomic E-state index is -0.288. The Hall–Kier alpha value is -1.86. The summed E-state index contributed by atoms with van der Waals surface area (Å²) in [7, 11) is 0. The molecule has 7 heteroatoms. The first-order valence-corrected chi connectivity index (χ1v) is 8.97. The summed E-state index contributed by atoms with van der Waals surface area (Å²) in [5.41, 5.74) is 1.44. The molecule has 1 aromatic heterocycles. The molecule has 0 aliphatic heterocycles. The molecule has 1 heterocycles. The van der Waals surface area contributed by atoms with Crippen LogP contribution in [0.15, 0.2) is 40.1 Å². The maximum Gasteiger partial charge on any atom is 0.311 e. The van der Waals surface area contributed by atoms with Gasteiger partial charge in [-0.05, 0) is 26.0 Å². The number of nitrogens with zero attached hydrogens (tertiary/aromatic N) is 1. The average molecular weight is 350 g/mol. The Bertz CT molecular complexity index is 658. The van der Waals surface area contributed by atoms with Gasteiger partial charge < -0.3 is 10.1 Å². The van der Waals surface area contributed by atoms with Crippen molar-refractivity contribution in [2.75, 3.05) is 11.9 Å². The number of hydrogen-bond donors (Lipinski definition) is 1. The summed E-state index contributed by atoms with van der Waals surface area (Å²) in [6.07, 6.45) is 0.162. The van der Waals surface area contributed by atoms with E-state index in [2.05, 4.69) is 10.3 Å². The van der Waals surface area contributed by atoms with Gasteiger partial charge in [0.25, 0.3) is 0 Å². The average Bonchev–Trinajstić information content (AvgIpc) is 2.95. The lowest BCUT2D eigenvalue weighted by Gasteiger charge is -2.10. The zero-order chi connectivity index (χ0) is 16.7.